The van der Waals surface area contributed by atoms with Crippen molar-refractivity contribution in [1.82, 2.24) is 0 Å². The zero-order chi connectivity index (χ0) is 11.4. The van der Waals surface area contributed by atoms with Crippen molar-refractivity contribution >= 4 is 22.0 Å². The molecule has 0 fully saturated rings. The number of hydrogen-bond donors (Lipinski definition) is 1. The minimum atomic E-state index is -0.755. The Morgan fingerprint density at radius 1 is 1.53 bits per heavy atom. The molecule has 0 saturated heterocycles. The van der Waals surface area contributed by atoms with Crippen LogP contribution in [0.1, 0.15) is 5.56 Å². The molecule has 0 unspecified atom stereocenters. The third-order valence-corrected chi connectivity index (χ3v) is 2.51. The summed E-state index contributed by atoms with van der Waals surface area (Å²) in [5.74, 6) is -1.44. The second kappa shape index (κ2) is 5.23. The molecule has 15 heavy (non-hydrogen) atoms. The van der Waals surface area contributed by atoms with Gasteiger partial charge in [-0.2, -0.15) is 0 Å². The molecule has 2 nitrogen and oxygen atoms in total. The van der Waals surface area contributed by atoms with Gasteiger partial charge in [0.2, 0.25) is 0 Å². The first-order valence-corrected chi connectivity index (χ1v) is 4.99. The minimum Gasteiger partial charge on any atom is -0.493 e. The van der Waals surface area contributed by atoms with E-state index in [1.54, 1.807) is 6.08 Å². The first-order valence-electron chi connectivity index (χ1n) is 4.20. The average Bonchev–Trinajstić information content (AvgIpc) is 2.23. The number of halogens is 3. The fourth-order valence-electron chi connectivity index (χ4n) is 1.12. The smallest absolute Gasteiger partial charge is 0.182 e. The molecular weight excluding hydrogens is 268 g/mol. The van der Waals surface area contributed by atoms with E-state index < -0.39 is 11.6 Å². The van der Waals surface area contributed by atoms with Gasteiger partial charge in [0, 0.05) is 12.1 Å². The van der Waals surface area contributed by atoms with Crippen LogP contribution in [0.15, 0.2) is 16.6 Å². The van der Waals surface area contributed by atoms with E-state index in [-0.39, 0.29) is 10.2 Å². The number of nitrogens with two attached hydrogens (primary N) is 1. The Labute approximate surface area is 94.9 Å². The molecule has 0 aromatic heterocycles. The third-order valence-electron chi connectivity index (χ3n) is 1.78. The van der Waals surface area contributed by atoms with Gasteiger partial charge in [0.05, 0.1) is 11.6 Å². The number of methoxy groups -OCH3 is 1. The largest absolute Gasteiger partial charge is 0.493 e. The van der Waals surface area contributed by atoms with E-state index in [2.05, 4.69) is 15.9 Å². The van der Waals surface area contributed by atoms with Crippen molar-refractivity contribution in [1.29, 1.82) is 0 Å². The zero-order valence-corrected chi connectivity index (χ0v) is 9.64. The van der Waals surface area contributed by atoms with Gasteiger partial charge in [0.25, 0.3) is 0 Å². The molecule has 0 aliphatic carbocycles. The lowest BCUT2D eigenvalue weighted by Gasteiger charge is -2.08. The van der Waals surface area contributed by atoms with Crippen LogP contribution in [0.4, 0.5) is 8.78 Å². The Morgan fingerprint density at radius 2 is 2.20 bits per heavy atom. The Bertz CT molecular complexity index is 393. The molecule has 0 radical (unpaired) electrons. The van der Waals surface area contributed by atoms with Crippen LogP contribution in [0, 0.1) is 11.6 Å². The average molecular weight is 278 g/mol. The van der Waals surface area contributed by atoms with Crippen LogP contribution >= 0.6 is 15.9 Å². The highest BCUT2D eigenvalue weighted by molar-refractivity contribution is 9.10. The Hall–Kier alpha value is -0.940. The molecule has 0 atom stereocenters. The summed E-state index contributed by atoms with van der Waals surface area (Å²) in [6.45, 7) is 0.294. The summed E-state index contributed by atoms with van der Waals surface area (Å²) in [6.07, 6.45) is 3.10. The Morgan fingerprint density at radius 3 is 2.73 bits per heavy atom. The molecule has 0 saturated carbocycles. The number of ether oxygens (including phenoxy) is 1. The summed E-state index contributed by atoms with van der Waals surface area (Å²) in [7, 11) is 1.32. The van der Waals surface area contributed by atoms with Gasteiger partial charge in [0.1, 0.15) is 5.82 Å². The van der Waals surface area contributed by atoms with Crippen molar-refractivity contribution in [2.45, 2.75) is 0 Å². The highest BCUT2D eigenvalue weighted by Crippen LogP contribution is 2.32. The van der Waals surface area contributed by atoms with Crippen LogP contribution in [0.25, 0.3) is 6.08 Å². The molecule has 0 spiro atoms. The van der Waals surface area contributed by atoms with Crippen LogP contribution in [-0.2, 0) is 0 Å². The molecule has 1 rings (SSSR count). The second-order valence-electron chi connectivity index (χ2n) is 2.75. The first kappa shape index (κ1) is 12.1. The van der Waals surface area contributed by atoms with Crippen LogP contribution in [0.3, 0.4) is 0 Å². The summed E-state index contributed by atoms with van der Waals surface area (Å²) >= 11 is 2.79. The van der Waals surface area contributed by atoms with Crippen molar-refractivity contribution in [3.8, 4) is 5.75 Å². The lowest BCUT2D eigenvalue weighted by atomic mass is 10.1. The number of rotatable bonds is 3. The van der Waals surface area contributed by atoms with E-state index in [0.717, 1.165) is 0 Å². The number of benzene rings is 1. The first-order chi connectivity index (χ1) is 7.11. The summed E-state index contributed by atoms with van der Waals surface area (Å²) in [5, 5.41) is 0. The van der Waals surface area contributed by atoms with Crippen LogP contribution in [0.2, 0.25) is 0 Å². The van der Waals surface area contributed by atoms with Gasteiger partial charge in [-0.05, 0) is 22.0 Å². The molecule has 1 aromatic carbocycles. The predicted octanol–water partition coefficient (Wildman–Crippen LogP) is 2.71. The maximum atomic E-state index is 13.5. The SMILES string of the molecule is COc1c(/C=C/CN)cc(F)c(Br)c1F. The van der Waals surface area contributed by atoms with E-state index in [0.29, 0.717) is 12.1 Å². The standard InChI is InChI=1S/C10H10BrF2NO/c1-15-10-6(3-2-4-14)5-7(12)8(11)9(10)13/h2-3,5H,4,14H2,1H3/b3-2+. The van der Waals surface area contributed by atoms with E-state index >= 15 is 0 Å². The molecule has 0 aliphatic rings. The molecule has 0 amide bonds. The van der Waals surface area contributed by atoms with Gasteiger partial charge in [-0.1, -0.05) is 12.2 Å². The van der Waals surface area contributed by atoms with Gasteiger partial charge in [-0.15, -0.1) is 0 Å². The van der Waals surface area contributed by atoms with Gasteiger partial charge in [0.15, 0.2) is 11.6 Å². The fraction of sp³-hybridized carbons (Fsp3) is 0.200. The van der Waals surface area contributed by atoms with E-state index in [1.807, 2.05) is 0 Å². The monoisotopic (exact) mass is 277 g/mol. The van der Waals surface area contributed by atoms with Gasteiger partial charge in [-0.3, -0.25) is 0 Å². The van der Waals surface area contributed by atoms with Crippen molar-refractivity contribution < 1.29 is 13.5 Å². The highest BCUT2D eigenvalue weighted by atomic mass is 79.9. The predicted molar refractivity (Wildman–Crippen MR) is 58.7 cm³/mol. The van der Waals surface area contributed by atoms with E-state index in [1.165, 1.54) is 19.3 Å². The molecule has 1 aromatic rings. The van der Waals surface area contributed by atoms with Crippen LogP contribution < -0.4 is 10.5 Å². The topological polar surface area (TPSA) is 35.2 Å². The molecule has 0 bridgehead atoms. The van der Waals surface area contributed by atoms with Gasteiger partial charge in [-0.25, -0.2) is 8.78 Å². The summed E-state index contributed by atoms with van der Waals surface area (Å²) in [4.78, 5) is 0. The number of hydrogen-bond acceptors (Lipinski definition) is 2. The van der Waals surface area contributed by atoms with E-state index in [4.69, 9.17) is 10.5 Å². The van der Waals surface area contributed by atoms with Crippen molar-refractivity contribution in [3.05, 3.63) is 33.8 Å². The van der Waals surface area contributed by atoms with Crippen molar-refractivity contribution in [2.24, 2.45) is 5.73 Å². The Balaban J connectivity index is 3.31. The molecule has 0 aliphatic heterocycles. The minimum absolute atomic E-state index is 0.00650. The maximum Gasteiger partial charge on any atom is 0.182 e. The second-order valence-corrected chi connectivity index (χ2v) is 3.54. The highest BCUT2D eigenvalue weighted by Gasteiger charge is 2.15. The van der Waals surface area contributed by atoms with Gasteiger partial charge >= 0.3 is 0 Å². The quantitative estimate of drug-likeness (QED) is 0.863. The summed E-state index contributed by atoms with van der Waals surface area (Å²) < 4.78 is 31.3. The van der Waals surface area contributed by atoms with Crippen LogP contribution in [-0.4, -0.2) is 13.7 Å². The molecule has 2 N–H and O–H groups in total. The molecule has 82 valence electrons. The lowest BCUT2D eigenvalue weighted by Crippen LogP contribution is -1.97. The zero-order valence-electron chi connectivity index (χ0n) is 8.06. The van der Waals surface area contributed by atoms with Crippen molar-refractivity contribution in [2.75, 3.05) is 13.7 Å². The van der Waals surface area contributed by atoms with E-state index in [9.17, 15) is 8.78 Å². The molecule has 0 heterocycles. The summed E-state index contributed by atoms with van der Waals surface area (Å²) in [6, 6.07) is 1.18. The fourth-order valence-corrected chi connectivity index (χ4v) is 1.42. The lowest BCUT2D eigenvalue weighted by molar-refractivity contribution is 0.381. The third kappa shape index (κ3) is 2.54. The van der Waals surface area contributed by atoms with Crippen LogP contribution in [0.5, 0.6) is 5.75 Å². The van der Waals surface area contributed by atoms with Gasteiger partial charge < -0.3 is 10.5 Å². The molecule has 5 heteroatoms. The Kier molecular flexibility index (Phi) is 4.23. The van der Waals surface area contributed by atoms with Crippen molar-refractivity contribution in [3.63, 3.8) is 0 Å². The normalized spacial score (nSPS) is 11.0. The summed E-state index contributed by atoms with van der Waals surface area (Å²) in [5.41, 5.74) is 5.57. The maximum absolute atomic E-state index is 13.5. The molecular formula is C10H10BrF2NO.